The molecule has 18 heavy (non-hydrogen) atoms. The molecule has 1 unspecified atom stereocenters. The third kappa shape index (κ3) is 2.68. The minimum absolute atomic E-state index is 0.111. The van der Waals surface area contributed by atoms with Crippen LogP contribution in [-0.4, -0.2) is 24.3 Å². The molecule has 5 nitrogen and oxygen atoms in total. The first-order valence-electron chi connectivity index (χ1n) is 5.55. The second kappa shape index (κ2) is 5.04. The van der Waals surface area contributed by atoms with E-state index in [9.17, 15) is 4.79 Å². The first-order valence-corrected chi connectivity index (χ1v) is 5.93. The summed E-state index contributed by atoms with van der Waals surface area (Å²) in [6, 6.07) is 1.89. The lowest BCUT2D eigenvalue weighted by Crippen LogP contribution is -2.22. The monoisotopic (exact) mass is 271 g/mol. The standard InChI is InChI=1S/C12H14ClNO4/c1-17-9-5-6(13)4-8(10(14)12(15)16)11(9)18-7-2-3-7/h4-5,7,10H,2-3,14H2,1H3,(H,15,16). The van der Waals surface area contributed by atoms with Crippen LogP contribution < -0.4 is 15.2 Å². The van der Waals surface area contributed by atoms with E-state index < -0.39 is 12.0 Å². The van der Waals surface area contributed by atoms with Crippen LogP contribution in [0.4, 0.5) is 0 Å². The Morgan fingerprint density at radius 3 is 2.72 bits per heavy atom. The Balaban J connectivity index is 2.45. The van der Waals surface area contributed by atoms with Gasteiger partial charge in [-0.2, -0.15) is 0 Å². The number of carboxylic acids is 1. The maximum atomic E-state index is 11.0. The van der Waals surface area contributed by atoms with Crippen molar-refractivity contribution in [1.82, 2.24) is 0 Å². The van der Waals surface area contributed by atoms with Crippen molar-refractivity contribution in [1.29, 1.82) is 0 Å². The van der Waals surface area contributed by atoms with Gasteiger partial charge >= 0.3 is 5.97 Å². The smallest absolute Gasteiger partial charge is 0.325 e. The Kier molecular flexibility index (Phi) is 3.63. The van der Waals surface area contributed by atoms with Crippen molar-refractivity contribution in [2.24, 2.45) is 5.73 Å². The molecule has 1 atom stereocenters. The van der Waals surface area contributed by atoms with E-state index in [0.29, 0.717) is 22.1 Å². The van der Waals surface area contributed by atoms with Gasteiger partial charge < -0.3 is 20.3 Å². The van der Waals surface area contributed by atoms with E-state index in [1.165, 1.54) is 13.2 Å². The summed E-state index contributed by atoms with van der Waals surface area (Å²) >= 11 is 5.92. The summed E-state index contributed by atoms with van der Waals surface area (Å²) in [6.07, 6.45) is 2.01. The SMILES string of the molecule is COc1cc(Cl)cc(C(N)C(=O)O)c1OC1CC1. The molecule has 3 N–H and O–H groups in total. The highest BCUT2D eigenvalue weighted by Crippen LogP contribution is 2.40. The van der Waals surface area contributed by atoms with Crippen molar-refractivity contribution >= 4 is 17.6 Å². The van der Waals surface area contributed by atoms with Crippen LogP contribution in [0.2, 0.25) is 5.02 Å². The van der Waals surface area contributed by atoms with Crippen LogP contribution in [0.25, 0.3) is 0 Å². The third-order valence-electron chi connectivity index (χ3n) is 2.68. The summed E-state index contributed by atoms with van der Waals surface area (Å²) in [5.74, 6) is -0.361. The van der Waals surface area contributed by atoms with Crippen LogP contribution in [0.3, 0.4) is 0 Å². The fourth-order valence-corrected chi connectivity index (χ4v) is 1.80. The Hall–Kier alpha value is -1.46. The second-order valence-electron chi connectivity index (χ2n) is 4.16. The maximum absolute atomic E-state index is 11.0. The van der Waals surface area contributed by atoms with Gasteiger partial charge in [0.2, 0.25) is 0 Å². The van der Waals surface area contributed by atoms with Crippen LogP contribution in [0.1, 0.15) is 24.4 Å². The molecule has 0 bridgehead atoms. The topological polar surface area (TPSA) is 81.8 Å². The number of hydrogen-bond donors (Lipinski definition) is 2. The summed E-state index contributed by atoms with van der Waals surface area (Å²) in [5.41, 5.74) is 5.97. The lowest BCUT2D eigenvalue weighted by atomic mass is 10.1. The Bertz CT molecular complexity index is 473. The molecular weight excluding hydrogens is 258 g/mol. The molecule has 1 aliphatic rings. The van der Waals surface area contributed by atoms with Crippen LogP contribution in [0, 0.1) is 0 Å². The summed E-state index contributed by atoms with van der Waals surface area (Å²) in [5, 5.41) is 9.36. The van der Waals surface area contributed by atoms with Crippen LogP contribution in [0.15, 0.2) is 12.1 Å². The highest BCUT2D eigenvalue weighted by molar-refractivity contribution is 6.30. The number of aliphatic carboxylic acids is 1. The van der Waals surface area contributed by atoms with Crippen LogP contribution in [0.5, 0.6) is 11.5 Å². The number of carboxylic acid groups (broad SMARTS) is 1. The lowest BCUT2D eigenvalue weighted by molar-refractivity contribution is -0.138. The highest BCUT2D eigenvalue weighted by Gasteiger charge is 2.29. The molecule has 0 spiro atoms. The van der Waals surface area contributed by atoms with Crippen LogP contribution in [-0.2, 0) is 4.79 Å². The fraction of sp³-hybridized carbons (Fsp3) is 0.417. The van der Waals surface area contributed by atoms with Gasteiger partial charge in [0, 0.05) is 16.7 Å². The van der Waals surface area contributed by atoms with Gasteiger partial charge in [0.15, 0.2) is 11.5 Å². The Morgan fingerprint density at radius 1 is 1.56 bits per heavy atom. The molecule has 1 saturated carbocycles. The number of nitrogens with two attached hydrogens (primary N) is 1. The zero-order chi connectivity index (χ0) is 13.3. The van der Waals surface area contributed by atoms with Crippen LogP contribution >= 0.6 is 11.6 Å². The first kappa shape index (κ1) is 13.0. The summed E-state index contributed by atoms with van der Waals surface area (Å²) in [7, 11) is 1.47. The van der Waals surface area contributed by atoms with Gasteiger partial charge in [-0.1, -0.05) is 11.6 Å². The lowest BCUT2D eigenvalue weighted by Gasteiger charge is -2.17. The molecule has 1 aromatic carbocycles. The minimum atomic E-state index is -1.19. The Labute approximate surface area is 109 Å². The fourth-order valence-electron chi connectivity index (χ4n) is 1.58. The highest BCUT2D eigenvalue weighted by atomic mass is 35.5. The van der Waals surface area contributed by atoms with Gasteiger partial charge in [0.05, 0.1) is 13.2 Å². The van der Waals surface area contributed by atoms with Gasteiger partial charge in [-0.25, -0.2) is 0 Å². The largest absolute Gasteiger partial charge is 0.493 e. The summed E-state index contributed by atoms with van der Waals surface area (Å²) in [4.78, 5) is 11.0. The van der Waals surface area contributed by atoms with Crippen molar-refractivity contribution in [3.05, 3.63) is 22.7 Å². The summed E-state index contributed by atoms with van der Waals surface area (Å²) < 4.78 is 10.8. The number of halogens is 1. The molecule has 0 amide bonds. The van der Waals surface area contributed by atoms with Gasteiger partial charge in [-0.15, -0.1) is 0 Å². The molecule has 0 aromatic heterocycles. The minimum Gasteiger partial charge on any atom is -0.493 e. The molecule has 1 aromatic rings. The van der Waals surface area contributed by atoms with E-state index in [4.69, 9.17) is 31.9 Å². The average molecular weight is 272 g/mol. The number of benzene rings is 1. The molecule has 2 rings (SSSR count). The normalized spacial score (nSPS) is 16.2. The van der Waals surface area contributed by atoms with E-state index in [2.05, 4.69) is 0 Å². The molecular formula is C12H14ClNO4. The number of hydrogen-bond acceptors (Lipinski definition) is 4. The predicted octanol–water partition coefficient (Wildman–Crippen LogP) is 1.97. The third-order valence-corrected chi connectivity index (χ3v) is 2.90. The van der Waals surface area contributed by atoms with Gasteiger partial charge in [0.25, 0.3) is 0 Å². The predicted molar refractivity (Wildman–Crippen MR) is 66.2 cm³/mol. The molecule has 98 valence electrons. The first-order chi connectivity index (χ1) is 8.52. The quantitative estimate of drug-likeness (QED) is 0.856. The van der Waals surface area contributed by atoms with Gasteiger partial charge in [0.1, 0.15) is 6.04 Å². The van der Waals surface area contributed by atoms with Crippen molar-refractivity contribution in [3.63, 3.8) is 0 Å². The van der Waals surface area contributed by atoms with E-state index >= 15 is 0 Å². The van der Waals surface area contributed by atoms with E-state index in [0.717, 1.165) is 12.8 Å². The molecule has 0 radical (unpaired) electrons. The number of carbonyl (C=O) groups is 1. The van der Waals surface area contributed by atoms with Crippen molar-refractivity contribution < 1.29 is 19.4 Å². The molecule has 0 heterocycles. The van der Waals surface area contributed by atoms with E-state index in [1.807, 2.05) is 0 Å². The molecule has 0 aliphatic heterocycles. The van der Waals surface area contributed by atoms with Crippen molar-refractivity contribution in [2.75, 3.05) is 7.11 Å². The van der Waals surface area contributed by atoms with E-state index in [1.54, 1.807) is 6.07 Å². The molecule has 1 aliphatic carbocycles. The Morgan fingerprint density at radius 2 is 2.22 bits per heavy atom. The van der Waals surface area contributed by atoms with Crippen molar-refractivity contribution in [2.45, 2.75) is 25.0 Å². The molecule has 1 fully saturated rings. The molecule has 6 heteroatoms. The number of rotatable bonds is 5. The second-order valence-corrected chi connectivity index (χ2v) is 4.60. The number of methoxy groups -OCH3 is 1. The van der Waals surface area contributed by atoms with E-state index in [-0.39, 0.29) is 6.10 Å². The van der Waals surface area contributed by atoms with Crippen molar-refractivity contribution in [3.8, 4) is 11.5 Å². The van der Waals surface area contributed by atoms with Gasteiger partial charge in [-0.05, 0) is 18.9 Å². The maximum Gasteiger partial charge on any atom is 0.325 e. The van der Waals surface area contributed by atoms with Gasteiger partial charge in [-0.3, -0.25) is 4.79 Å². The molecule has 0 saturated heterocycles. The summed E-state index contributed by atoms with van der Waals surface area (Å²) in [6.45, 7) is 0. The number of ether oxygens (including phenoxy) is 2. The average Bonchev–Trinajstić information content (AvgIpc) is 3.13. The zero-order valence-electron chi connectivity index (χ0n) is 9.85. The zero-order valence-corrected chi connectivity index (χ0v) is 10.6.